The highest BCUT2D eigenvalue weighted by atomic mass is 16.3. The number of phenolic OH excluding ortho intramolecular Hbond substituents is 4. The lowest BCUT2D eigenvalue weighted by molar-refractivity contribution is 0.404. The van der Waals surface area contributed by atoms with E-state index in [2.05, 4.69) is 6.92 Å². The summed E-state index contributed by atoms with van der Waals surface area (Å²) in [6.07, 6.45) is 16.4. The topological polar surface area (TPSA) is 111 Å². The standard InChI is InChI=1S/C30H40O6/c1-2-3-4-5-6-7-8-9-10-11-12-13-14-15-23-29(35)28-26(34)19-22(31)20-27(28)36-30(23)21-16-17-24(32)25(33)18-21/h16-20,31-34H,2-15H2,1H3. The molecule has 36 heavy (non-hydrogen) atoms. The fourth-order valence-electron chi connectivity index (χ4n) is 4.77. The molecule has 0 saturated carbocycles. The van der Waals surface area contributed by atoms with Gasteiger partial charge in [-0.3, -0.25) is 4.79 Å². The average Bonchev–Trinajstić information content (AvgIpc) is 2.84. The molecule has 0 spiro atoms. The SMILES string of the molecule is CCCCCCCCCCCCCCCc1c(-c2ccc(O)c(O)c2)oc2cc(O)cc(O)c2c1=O. The maximum Gasteiger partial charge on any atom is 0.200 e. The van der Waals surface area contributed by atoms with Gasteiger partial charge in [-0.2, -0.15) is 0 Å². The maximum atomic E-state index is 13.3. The Kier molecular flexibility index (Phi) is 10.5. The van der Waals surface area contributed by atoms with Crippen LogP contribution in [-0.2, 0) is 6.42 Å². The third kappa shape index (κ3) is 7.42. The molecule has 1 heterocycles. The van der Waals surface area contributed by atoms with Crippen molar-refractivity contribution in [3.8, 4) is 34.3 Å². The highest BCUT2D eigenvalue weighted by Gasteiger charge is 2.20. The van der Waals surface area contributed by atoms with Crippen LogP contribution in [0.2, 0.25) is 0 Å². The fraction of sp³-hybridized carbons (Fsp3) is 0.500. The molecule has 1 aromatic heterocycles. The molecule has 0 aliphatic rings. The number of aromatic hydroxyl groups is 4. The van der Waals surface area contributed by atoms with E-state index < -0.39 is 0 Å². The second-order valence-electron chi connectivity index (χ2n) is 9.77. The summed E-state index contributed by atoms with van der Waals surface area (Å²) in [6.45, 7) is 2.24. The number of benzene rings is 2. The summed E-state index contributed by atoms with van der Waals surface area (Å²) in [4.78, 5) is 13.3. The van der Waals surface area contributed by atoms with Crippen LogP contribution in [0, 0.1) is 0 Å². The van der Waals surface area contributed by atoms with Gasteiger partial charge in [0.15, 0.2) is 16.9 Å². The Labute approximate surface area is 213 Å². The van der Waals surface area contributed by atoms with Gasteiger partial charge in [0, 0.05) is 23.3 Å². The average molecular weight is 497 g/mol. The second kappa shape index (κ2) is 13.8. The molecule has 3 rings (SSSR count). The first-order valence-corrected chi connectivity index (χ1v) is 13.5. The largest absolute Gasteiger partial charge is 0.508 e. The number of fused-ring (bicyclic) bond motifs is 1. The van der Waals surface area contributed by atoms with Crippen molar-refractivity contribution in [2.75, 3.05) is 0 Å². The number of rotatable bonds is 15. The molecule has 2 aromatic carbocycles. The molecule has 0 aliphatic heterocycles. The normalized spacial score (nSPS) is 11.4. The molecule has 6 heteroatoms. The van der Waals surface area contributed by atoms with Crippen LogP contribution >= 0.6 is 0 Å². The molecule has 0 radical (unpaired) electrons. The van der Waals surface area contributed by atoms with E-state index in [0.29, 0.717) is 17.5 Å². The van der Waals surface area contributed by atoms with Gasteiger partial charge in [-0.15, -0.1) is 0 Å². The number of phenols is 4. The Balaban J connectivity index is 1.60. The smallest absolute Gasteiger partial charge is 0.200 e. The van der Waals surface area contributed by atoms with Crippen LogP contribution in [-0.4, -0.2) is 20.4 Å². The summed E-state index contributed by atoms with van der Waals surface area (Å²) in [5, 5.41) is 39.8. The number of hydrogen-bond donors (Lipinski definition) is 4. The molecule has 0 fully saturated rings. The maximum absolute atomic E-state index is 13.3. The molecular weight excluding hydrogens is 456 g/mol. The second-order valence-corrected chi connectivity index (χ2v) is 9.77. The lowest BCUT2D eigenvalue weighted by Gasteiger charge is -2.12. The minimum Gasteiger partial charge on any atom is -0.508 e. The van der Waals surface area contributed by atoms with E-state index >= 15 is 0 Å². The molecule has 6 nitrogen and oxygen atoms in total. The summed E-state index contributed by atoms with van der Waals surface area (Å²) < 4.78 is 5.97. The van der Waals surface area contributed by atoms with E-state index in [9.17, 15) is 25.2 Å². The van der Waals surface area contributed by atoms with E-state index in [1.54, 1.807) is 6.07 Å². The first-order chi connectivity index (χ1) is 17.4. The minimum absolute atomic E-state index is 0.0317. The van der Waals surface area contributed by atoms with Crippen molar-refractivity contribution in [1.82, 2.24) is 0 Å². The molecule has 4 N–H and O–H groups in total. The van der Waals surface area contributed by atoms with E-state index in [1.807, 2.05) is 0 Å². The fourth-order valence-corrected chi connectivity index (χ4v) is 4.77. The first-order valence-electron chi connectivity index (χ1n) is 13.5. The van der Waals surface area contributed by atoms with Gasteiger partial charge in [-0.25, -0.2) is 0 Å². The van der Waals surface area contributed by atoms with Gasteiger partial charge in [0.2, 0.25) is 0 Å². The van der Waals surface area contributed by atoms with Crippen molar-refractivity contribution in [2.24, 2.45) is 0 Å². The van der Waals surface area contributed by atoms with Crippen molar-refractivity contribution in [3.63, 3.8) is 0 Å². The van der Waals surface area contributed by atoms with Crippen molar-refractivity contribution < 1.29 is 24.8 Å². The molecule has 0 bridgehead atoms. The van der Waals surface area contributed by atoms with E-state index in [0.717, 1.165) is 25.3 Å². The Bertz CT molecular complexity index is 1180. The predicted molar refractivity (Wildman–Crippen MR) is 144 cm³/mol. The third-order valence-corrected chi connectivity index (χ3v) is 6.82. The van der Waals surface area contributed by atoms with Crippen molar-refractivity contribution in [1.29, 1.82) is 0 Å². The summed E-state index contributed by atoms with van der Waals surface area (Å²) in [5.41, 5.74) is 0.568. The summed E-state index contributed by atoms with van der Waals surface area (Å²) in [7, 11) is 0. The lowest BCUT2D eigenvalue weighted by Crippen LogP contribution is -2.11. The molecule has 0 amide bonds. The summed E-state index contributed by atoms with van der Waals surface area (Å²) >= 11 is 0. The zero-order chi connectivity index (χ0) is 25.9. The number of hydrogen-bond acceptors (Lipinski definition) is 6. The van der Waals surface area contributed by atoms with Crippen LogP contribution in [0.15, 0.2) is 39.5 Å². The van der Waals surface area contributed by atoms with Gasteiger partial charge in [0.25, 0.3) is 0 Å². The molecule has 0 saturated heterocycles. The van der Waals surface area contributed by atoms with Crippen molar-refractivity contribution >= 4 is 11.0 Å². The Morgan fingerprint density at radius 1 is 0.667 bits per heavy atom. The molecular formula is C30H40O6. The van der Waals surface area contributed by atoms with Gasteiger partial charge in [0.05, 0.1) is 0 Å². The number of unbranched alkanes of at least 4 members (excludes halogenated alkanes) is 12. The van der Waals surface area contributed by atoms with Gasteiger partial charge in [-0.1, -0.05) is 84.0 Å². The van der Waals surface area contributed by atoms with Gasteiger partial charge >= 0.3 is 0 Å². The molecule has 0 aliphatic carbocycles. The minimum atomic E-state index is -0.352. The van der Waals surface area contributed by atoms with E-state index in [4.69, 9.17) is 4.42 Å². The predicted octanol–water partition coefficient (Wildman–Crippen LogP) is 7.92. The zero-order valence-corrected chi connectivity index (χ0v) is 21.4. The van der Waals surface area contributed by atoms with Crippen LogP contribution < -0.4 is 5.43 Å². The monoisotopic (exact) mass is 496 g/mol. The Morgan fingerprint density at radius 2 is 1.25 bits per heavy atom. The van der Waals surface area contributed by atoms with Crippen LogP contribution in [0.4, 0.5) is 0 Å². The lowest BCUT2D eigenvalue weighted by atomic mass is 9.98. The summed E-state index contributed by atoms with van der Waals surface area (Å²) in [6, 6.07) is 6.66. The van der Waals surface area contributed by atoms with Crippen molar-refractivity contribution in [3.05, 3.63) is 46.1 Å². The van der Waals surface area contributed by atoms with Crippen LogP contribution in [0.3, 0.4) is 0 Å². The first kappa shape index (κ1) is 27.4. The molecule has 0 unspecified atom stereocenters. The van der Waals surface area contributed by atoms with Gasteiger partial charge in [-0.05, 0) is 31.0 Å². The Morgan fingerprint density at radius 3 is 1.83 bits per heavy atom. The molecule has 0 atom stereocenters. The third-order valence-electron chi connectivity index (χ3n) is 6.82. The quantitative estimate of drug-likeness (QED) is 0.126. The molecule has 3 aromatic rings. The van der Waals surface area contributed by atoms with Gasteiger partial charge in [0.1, 0.15) is 28.2 Å². The van der Waals surface area contributed by atoms with E-state index in [1.165, 1.54) is 82.4 Å². The highest BCUT2D eigenvalue weighted by Crippen LogP contribution is 2.36. The molecule has 196 valence electrons. The van der Waals surface area contributed by atoms with E-state index in [-0.39, 0.29) is 45.2 Å². The zero-order valence-electron chi connectivity index (χ0n) is 21.4. The van der Waals surface area contributed by atoms with Crippen LogP contribution in [0.5, 0.6) is 23.0 Å². The van der Waals surface area contributed by atoms with Crippen molar-refractivity contribution in [2.45, 2.75) is 96.8 Å². The Hall–Kier alpha value is -3.15. The van der Waals surface area contributed by atoms with Gasteiger partial charge < -0.3 is 24.8 Å². The van der Waals surface area contributed by atoms with Crippen LogP contribution in [0.1, 0.15) is 96.0 Å². The highest BCUT2D eigenvalue weighted by molar-refractivity contribution is 5.87. The summed E-state index contributed by atoms with van der Waals surface area (Å²) in [5.74, 6) is -0.861. The van der Waals surface area contributed by atoms with Crippen LogP contribution in [0.25, 0.3) is 22.3 Å².